The maximum atomic E-state index is 9.80. The highest BCUT2D eigenvalue weighted by Gasteiger charge is 2.08. The molecule has 2 aromatic heterocycles. The summed E-state index contributed by atoms with van der Waals surface area (Å²) in [5, 5.41) is 14.8. The number of aromatic nitrogens is 3. The Hall–Kier alpha value is -2.07. The third-order valence-electron chi connectivity index (χ3n) is 2.68. The third-order valence-corrected chi connectivity index (χ3v) is 2.93. The highest BCUT2D eigenvalue weighted by atomic mass is 35.5. The van der Waals surface area contributed by atoms with E-state index >= 15 is 0 Å². The zero-order valence-corrected chi connectivity index (χ0v) is 10.4. The molecule has 0 saturated carbocycles. The van der Waals surface area contributed by atoms with Crippen molar-refractivity contribution >= 4 is 17.2 Å². The molecule has 2 heterocycles. The first kappa shape index (κ1) is 11.0. The van der Waals surface area contributed by atoms with Crippen molar-refractivity contribution in [2.75, 3.05) is 0 Å². The van der Waals surface area contributed by atoms with Crippen molar-refractivity contribution in [1.29, 1.82) is 0 Å². The predicted molar refractivity (Wildman–Crippen MR) is 69.8 cm³/mol. The number of hydrogen-bond donors (Lipinski definition) is 1. The molecule has 4 nitrogen and oxygen atoms in total. The fourth-order valence-corrected chi connectivity index (χ4v) is 1.97. The summed E-state index contributed by atoms with van der Waals surface area (Å²) in [6.45, 7) is 1.83. The lowest BCUT2D eigenvalue weighted by Gasteiger charge is -1.98. The zero-order valence-electron chi connectivity index (χ0n) is 9.63. The Kier molecular flexibility index (Phi) is 2.45. The lowest BCUT2D eigenvalue weighted by atomic mass is 10.2. The normalized spacial score (nSPS) is 11.0. The minimum absolute atomic E-state index is 0.0812. The third kappa shape index (κ3) is 1.80. The highest BCUT2D eigenvalue weighted by Crippen LogP contribution is 2.23. The molecule has 3 rings (SSSR count). The van der Waals surface area contributed by atoms with Crippen LogP contribution in [0.4, 0.5) is 0 Å². The average Bonchev–Trinajstić information content (AvgIpc) is 2.74. The molecule has 18 heavy (non-hydrogen) atoms. The fraction of sp³-hybridized carbons (Fsp3) is 0.0769. The minimum atomic E-state index is 0.0812. The van der Waals surface area contributed by atoms with E-state index in [2.05, 4.69) is 10.1 Å². The van der Waals surface area contributed by atoms with Gasteiger partial charge in [0.2, 0.25) is 5.88 Å². The number of hydrogen-bond acceptors (Lipinski definition) is 3. The summed E-state index contributed by atoms with van der Waals surface area (Å²) >= 11 is 5.85. The van der Waals surface area contributed by atoms with Crippen molar-refractivity contribution in [3.63, 3.8) is 0 Å². The first-order valence-corrected chi connectivity index (χ1v) is 5.83. The Labute approximate surface area is 108 Å². The molecule has 5 heteroatoms. The topological polar surface area (TPSA) is 50.4 Å². The van der Waals surface area contributed by atoms with Crippen LogP contribution < -0.4 is 0 Å². The number of aryl methyl sites for hydroxylation is 1. The van der Waals surface area contributed by atoms with Crippen LogP contribution in [0.1, 0.15) is 5.69 Å². The van der Waals surface area contributed by atoms with E-state index in [1.54, 1.807) is 18.2 Å². The molecule has 0 fully saturated rings. The Morgan fingerprint density at radius 3 is 2.61 bits per heavy atom. The quantitative estimate of drug-likeness (QED) is 0.731. The van der Waals surface area contributed by atoms with Crippen LogP contribution in [0.15, 0.2) is 36.4 Å². The number of fused-ring (bicyclic) bond motifs is 1. The number of rotatable bonds is 1. The largest absolute Gasteiger partial charge is 0.493 e. The summed E-state index contributed by atoms with van der Waals surface area (Å²) in [7, 11) is 0. The summed E-state index contributed by atoms with van der Waals surface area (Å²) in [5.74, 6) is 0.0812. The molecule has 1 aromatic carbocycles. The lowest BCUT2D eigenvalue weighted by molar-refractivity contribution is 0.435. The molecule has 0 atom stereocenters. The molecule has 0 saturated heterocycles. The predicted octanol–water partition coefficient (Wildman–Crippen LogP) is 3.06. The van der Waals surface area contributed by atoms with Gasteiger partial charge in [-0.25, -0.2) is 4.98 Å². The van der Waals surface area contributed by atoms with E-state index in [1.165, 1.54) is 4.52 Å². The molecular formula is C13H10ClN3O. The van der Waals surface area contributed by atoms with Gasteiger partial charge >= 0.3 is 0 Å². The summed E-state index contributed by atoms with van der Waals surface area (Å²) in [6, 6.07) is 10.8. The molecule has 0 aliphatic heterocycles. The van der Waals surface area contributed by atoms with Gasteiger partial charge in [0.05, 0.1) is 5.69 Å². The van der Waals surface area contributed by atoms with Crippen LogP contribution >= 0.6 is 11.6 Å². The van der Waals surface area contributed by atoms with Crippen molar-refractivity contribution in [1.82, 2.24) is 14.6 Å². The van der Waals surface area contributed by atoms with Gasteiger partial charge in [-0.15, -0.1) is 0 Å². The van der Waals surface area contributed by atoms with Gasteiger partial charge in [0.25, 0.3) is 0 Å². The van der Waals surface area contributed by atoms with Gasteiger partial charge < -0.3 is 5.11 Å². The van der Waals surface area contributed by atoms with E-state index in [1.807, 2.05) is 25.1 Å². The maximum absolute atomic E-state index is 9.80. The van der Waals surface area contributed by atoms with Crippen molar-refractivity contribution < 1.29 is 5.11 Å². The number of benzene rings is 1. The highest BCUT2D eigenvalue weighted by molar-refractivity contribution is 6.30. The Morgan fingerprint density at radius 1 is 1.17 bits per heavy atom. The summed E-state index contributed by atoms with van der Waals surface area (Å²) < 4.78 is 1.41. The zero-order chi connectivity index (χ0) is 12.7. The van der Waals surface area contributed by atoms with E-state index in [0.717, 1.165) is 17.0 Å². The number of aromatic hydroxyl groups is 1. The molecule has 0 unspecified atom stereocenters. The Morgan fingerprint density at radius 2 is 1.89 bits per heavy atom. The molecule has 0 aliphatic rings. The monoisotopic (exact) mass is 259 g/mol. The van der Waals surface area contributed by atoms with Gasteiger partial charge in [0.15, 0.2) is 5.65 Å². The SMILES string of the molecule is Cc1cc(O)n2nc(-c3ccc(Cl)cc3)cc2n1. The van der Waals surface area contributed by atoms with Crippen molar-refractivity contribution in [2.45, 2.75) is 6.92 Å². The molecule has 1 N–H and O–H groups in total. The van der Waals surface area contributed by atoms with Gasteiger partial charge in [0, 0.05) is 28.4 Å². The molecular weight excluding hydrogens is 250 g/mol. The first-order valence-electron chi connectivity index (χ1n) is 5.46. The van der Waals surface area contributed by atoms with Crippen molar-refractivity contribution in [2.24, 2.45) is 0 Å². The van der Waals surface area contributed by atoms with Crippen molar-refractivity contribution in [3.05, 3.63) is 47.1 Å². The van der Waals surface area contributed by atoms with E-state index < -0.39 is 0 Å². The second kappa shape index (κ2) is 3.99. The molecule has 0 spiro atoms. The molecule has 90 valence electrons. The standard InChI is InChI=1S/C13H10ClN3O/c1-8-6-13(18)17-12(15-8)7-11(16-17)9-2-4-10(14)5-3-9/h2-7,18H,1H3. The van der Waals surface area contributed by atoms with Crippen LogP contribution in [0, 0.1) is 6.92 Å². The van der Waals surface area contributed by atoms with E-state index in [0.29, 0.717) is 10.7 Å². The maximum Gasteiger partial charge on any atom is 0.215 e. The van der Waals surface area contributed by atoms with E-state index in [4.69, 9.17) is 11.6 Å². The second-order valence-corrected chi connectivity index (χ2v) is 4.50. The summed E-state index contributed by atoms with van der Waals surface area (Å²) in [4.78, 5) is 4.31. The fourth-order valence-electron chi connectivity index (χ4n) is 1.84. The van der Waals surface area contributed by atoms with Gasteiger partial charge in [-0.3, -0.25) is 0 Å². The van der Waals surface area contributed by atoms with Gasteiger partial charge in [-0.1, -0.05) is 23.7 Å². The lowest BCUT2D eigenvalue weighted by Crippen LogP contribution is -1.92. The van der Waals surface area contributed by atoms with Crippen LogP contribution in [0.2, 0.25) is 5.02 Å². The summed E-state index contributed by atoms with van der Waals surface area (Å²) in [6.07, 6.45) is 0. The van der Waals surface area contributed by atoms with Crippen LogP contribution in [-0.4, -0.2) is 19.7 Å². The van der Waals surface area contributed by atoms with Gasteiger partial charge in [-0.05, 0) is 19.1 Å². The first-order chi connectivity index (χ1) is 8.63. The van der Waals surface area contributed by atoms with E-state index in [-0.39, 0.29) is 5.88 Å². The van der Waals surface area contributed by atoms with Crippen molar-refractivity contribution in [3.8, 4) is 17.1 Å². The number of nitrogens with zero attached hydrogens (tertiary/aromatic N) is 3. The second-order valence-electron chi connectivity index (χ2n) is 4.06. The van der Waals surface area contributed by atoms with Crippen LogP contribution in [0.5, 0.6) is 5.88 Å². The van der Waals surface area contributed by atoms with Crippen LogP contribution in [0.25, 0.3) is 16.9 Å². The molecule has 0 amide bonds. The molecule has 0 aliphatic carbocycles. The number of halogens is 1. The Bertz CT molecular complexity index is 719. The summed E-state index contributed by atoms with van der Waals surface area (Å²) in [5.41, 5.74) is 3.06. The van der Waals surface area contributed by atoms with Crippen LogP contribution in [-0.2, 0) is 0 Å². The van der Waals surface area contributed by atoms with E-state index in [9.17, 15) is 5.11 Å². The van der Waals surface area contributed by atoms with Gasteiger partial charge in [-0.2, -0.15) is 9.61 Å². The van der Waals surface area contributed by atoms with Gasteiger partial charge in [0.1, 0.15) is 0 Å². The van der Waals surface area contributed by atoms with Crippen LogP contribution in [0.3, 0.4) is 0 Å². The molecule has 0 bridgehead atoms. The smallest absolute Gasteiger partial charge is 0.215 e. The Balaban J connectivity index is 2.19. The minimum Gasteiger partial charge on any atom is -0.493 e. The molecule has 0 radical (unpaired) electrons. The average molecular weight is 260 g/mol. The molecule has 3 aromatic rings.